The molecule has 82 valence electrons. The number of nitrogens with one attached hydrogen (secondary N) is 1. The first-order valence-electron chi connectivity index (χ1n) is 5.16. The van der Waals surface area contributed by atoms with Gasteiger partial charge in [-0.15, -0.1) is 0 Å². The first-order chi connectivity index (χ1) is 6.96. The van der Waals surface area contributed by atoms with Crippen LogP contribution in [0.3, 0.4) is 0 Å². The smallest absolute Gasteiger partial charge is 0.270 e. The molecule has 1 aromatic carbocycles. The first kappa shape index (κ1) is 10.6. The Morgan fingerprint density at radius 1 is 1.33 bits per heavy atom. The molecule has 3 heteroatoms. The molecule has 1 atom stereocenters. The van der Waals surface area contributed by atoms with Crippen LogP contribution in [0.15, 0.2) is 24.3 Å². The van der Waals surface area contributed by atoms with E-state index in [2.05, 4.69) is 5.32 Å². The van der Waals surface area contributed by atoms with Crippen LogP contribution in [0.1, 0.15) is 24.5 Å². The van der Waals surface area contributed by atoms with Crippen molar-refractivity contribution in [3.05, 3.63) is 35.4 Å². The number of benzene rings is 1. The molecule has 1 unspecified atom stereocenters. The van der Waals surface area contributed by atoms with Gasteiger partial charge < -0.3 is 5.32 Å². The number of hydrogen-bond acceptors (Lipinski definition) is 1. The highest BCUT2D eigenvalue weighted by molar-refractivity contribution is 5.32. The molecule has 1 aromatic rings. The lowest BCUT2D eigenvalue weighted by atomic mass is 9.86. The molecule has 1 aliphatic heterocycles. The lowest BCUT2D eigenvalue weighted by Gasteiger charge is -2.31. The van der Waals surface area contributed by atoms with Crippen LogP contribution < -0.4 is 5.32 Å². The molecule has 15 heavy (non-hydrogen) atoms. The average Bonchev–Trinajstić information content (AvgIpc) is 2.43. The monoisotopic (exact) mass is 211 g/mol. The normalized spacial score (nSPS) is 29.3. The van der Waals surface area contributed by atoms with Gasteiger partial charge in [-0.25, -0.2) is 8.78 Å². The van der Waals surface area contributed by atoms with Crippen molar-refractivity contribution in [2.24, 2.45) is 0 Å². The summed E-state index contributed by atoms with van der Waals surface area (Å²) in [4.78, 5) is 0. The molecule has 0 amide bonds. The fraction of sp³-hybridized carbons (Fsp3) is 0.500. The second kappa shape index (κ2) is 3.27. The fourth-order valence-corrected chi connectivity index (χ4v) is 2.12. The number of alkyl halides is 2. The largest absolute Gasteiger partial charge is 0.302 e. The summed E-state index contributed by atoms with van der Waals surface area (Å²) >= 11 is 0. The summed E-state index contributed by atoms with van der Waals surface area (Å²) in [5.74, 6) is -2.67. The zero-order valence-corrected chi connectivity index (χ0v) is 8.98. The Morgan fingerprint density at radius 3 is 2.60 bits per heavy atom. The van der Waals surface area contributed by atoms with Gasteiger partial charge in [0.2, 0.25) is 0 Å². The Bertz CT molecular complexity index is 376. The molecule has 1 aliphatic rings. The van der Waals surface area contributed by atoms with Crippen LogP contribution in [0, 0.1) is 6.92 Å². The zero-order valence-electron chi connectivity index (χ0n) is 8.98. The number of hydrogen-bond donors (Lipinski definition) is 1. The van der Waals surface area contributed by atoms with Gasteiger partial charge in [-0.1, -0.05) is 29.8 Å². The minimum Gasteiger partial charge on any atom is -0.302 e. The molecule has 0 aromatic heterocycles. The predicted octanol–water partition coefficient (Wildman–Crippen LogP) is 2.84. The van der Waals surface area contributed by atoms with Gasteiger partial charge in [-0.2, -0.15) is 0 Å². The van der Waals surface area contributed by atoms with Crippen LogP contribution in [-0.4, -0.2) is 12.5 Å². The summed E-state index contributed by atoms with van der Waals surface area (Å²) in [6.45, 7) is 3.87. The number of halogens is 2. The van der Waals surface area contributed by atoms with Crippen molar-refractivity contribution in [2.45, 2.75) is 31.7 Å². The van der Waals surface area contributed by atoms with E-state index in [1.807, 2.05) is 25.1 Å². The highest BCUT2D eigenvalue weighted by atomic mass is 19.3. The fourth-order valence-electron chi connectivity index (χ4n) is 2.12. The van der Waals surface area contributed by atoms with E-state index in [0.29, 0.717) is 12.1 Å². The Labute approximate surface area is 88.5 Å². The standard InChI is InChI=1S/C12H15F2N/c1-9-4-3-5-10(8-9)11(2)12(13,14)6-7-15-11/h3-5,8,15H,6-7H2,1-2H3. The van der Waals surface area contributed by atoms with Gasteiger partial charge in [0.05, 0.1) is 0 Å². The van der Waals surface area contributed by atoms with E-state index < -0.39 is 11.5 Å². The van der Waals surface area contributed by atoms with Crippen molar-refractivity contribution in [2.75, 3.05) is 6.54 Å². The summed E-state index contributed by atoms with van der Waals surface area (Å²) in [5.41, 5.74) is 0.474. The van der Waals surface area contributed by atoms with E-state index in [0.717, 1.165) is 5.56 Å². The maximum absolute atomic E-state index is 13.7. The van der Waals surface area contributed by atoms with Crippen molar-refractivity contribution < 1.29 is 8.78 Å². The van der Waals surface area contributed by atoms with Crippen molar-refractivity contribution in [3.8, 4) is 0 Å². The minimum absolute atomic E-state index is 0.0859. The first-order valence-corrected chi connectivity index (χ1v) is 5.16. The maximum Gasteiger partial charge on any atom is 0.270 e. The summed E-state index contributed by atoms with van der Waals surface area (Å²) < 4.78 is 27.5. The molecule has 0 bridgehead atoms. The lowest BCUT2D eigenvalue weighted by molar-refractivity contribution is -0.0559. The van der Waals surface area contributed by atoms with Gasteiger partial charge in [0, 0.05) is 13.0 Å². The molecule has 1 saturated heterocycles. The van der Waals surface area contributed by atoms with Crippen molar-refractivity contribution in [1.82, 2.24) is 5.32 Å². The Morgan fingerprint density at radius 2 is 2.07 bits per heavy atom. The van der Waals surface area contributed by atoms with Crippen LogP contribution in [0.5, 0.6) is 0 Å². The second-order valence-corrected chi connectivity index (χ2v) is 4.38. The molecule has 0 radical (unpaired) electrons. The van der Waals surface area contributed by atoms with Crippen LogP contribution in [0.25, 0.3) is 0 Å². The number of rotatable bonds is 1. The van der Waals surface area contributed by atoms with Crippen LogP contribution in [0.2, 0.25) is 0 Å². The molecule has 1 heterocycles. The highest BCUT2D eigenvalue weighted by Gasteiger charge is 2.54. The minimum atomic E-state index is -2.67. The molecule has 0 spiro atoms. The van der Waals surface area contributed by atoms with Crippen LogP contribution in [0.4, 0.5) is 8.78 Å². The number of aryl methyl sites for hydroxylation is 1. The van der Waals surface area contributed by atoms with E-state index >= 15 is 0 Å². The molecular formula is C12H15F2N. The van der Waals surface area contributed by atoms with Crippen LogP contribution >= 0.6 is 0 Å². The van der Waals surface area contributed by atoms with Gasteiger partial charge in [0.1, 0.15) is 5.54 Å². The summed E-state index contributed by atoms with van der Waals surface area (Å²) in [7, 11) is 0. The molecule has 1 fully saturated rings. The van der Waals surface area contributed by atoms with Crippen molar-refractivity contribution >= 4 is 0 Å². The quantitative estimate of drug-likeness (QED) is 0.753. The Hall–Kier alpha value is -0.960. The van der Waals surface area contributed by atoms with E-state index in [1.165, 1.54) is 0 Å². The molecule has 1 nitrogen and oxygen atoms in total. The van der Waals surface area contributed by atoms with Gasteiger partial charge >= 0.3 is 0 Å². The van der Waals surface area contributed by atoms with E-state index in [9.17, 15) is 8.78 Å². The third kappa shape index (κ3) is 1.55. The third-order valence-electron chi connectivity index (χ3n) is 3.24. The maximum atomic E-state index is 13.7. The molecule has 0 aliphatic carbocycles. The Balaban J connectivity index is 2.45. The summed E-state index contributed by atoms with van der Waals surface area (Å²) in [5, 5.41) is 2.92. The SMILES string of the molecule is Cc1cccc(C2(C)NCCC2(F)F)c1. The zero-order chi connectivity index (χ0) is 11.1. The average molecular weight is 211 g/mol. The van der Waals surface area contributed by atoms with E-state index in [1.54, 1.807) is 13.0 Å². The second-order valence-electron chi connectivity index (χ2n) is 4.38. The Kier molecular flexibility index (Phi) is 2.30. The van der Waals surface area contributed by atoms with E-state index in [-0.39, 0.29) is 6.42 Å². The molecule has 0 saturated carbocycles. The van der Waals surface area contributed by atoms with Crippen molar-refractivity contribution in [1.29, 1.82) is 0 Å². The van der Waals surface area contributed by atoms with Gasteiger partial charge in [0.15, 0.2) is 0 Å². The van der Waals surface area contributed by atoms with Gasteiger partial charge in [-0.3, -0.25) is 0 Å². The molecular weight excluding hydrogens is 196 g/mol. The highest BCUT2D eigenvalue weighted by Crippen LogP contribution is 2.43. The third-order valence-corrected chi connectivity index (χ3v) is 3.24. The predicted molar refractivity (Wildman–Crippen MR) is 56.1 cm³/mol. The van der Waals surface area contributed by atoms with Gasteiger partial charge in [-0.05, 0) is 19.4 Å². The van der Waals surface area contributed by atoms with Crippen LogP contribution in [-0.2, 0) is 5.54 Å². The van der Waals surface area contributed by atoms with E-state index in [4.69, 9.17) is 0 Å². The van der Waals surface area contributed by atoms with Crippen molar-refractivity contribution in [3.63, 3.8) is 0 Å². The molecule has 1 N–H and O–H groups in total. The van der Waals surface area contributed by atoms with Gasteiger partial charge in [0.25, 0.3) is 5.92 Å². The summed E-state index contributed by atoms with van der Waals surface area (Å²) in [6.07, 6.45) is -0.0859. The lowest BCUT2D eigenvalue weighted by Crippen LogP contribution is -2.46. The summed E-state index contributed by atoms with van der Waals surface area (Å²) in [6, 6.07) is 7.33. The topological polar surface area (TPSA) is 12.0 Å². The molecule has 2 rings (SSSR count).